The minimum Gasteiger partial charge on any atom is -0.495 e. The van der Waals surface area contributed by atoms with Gasteiger partial charge >= 0.3 is 0 Å². The summed E-state index contributed by atoms with van der Waals surface area (Å²) < 4.78 is 8.22. The average Bonchev–Trinajstić information content (AvgIpc) is 2.87. The summed E-state index contributed by atoms with van der Waals surface area (Å²) in [6.45, 7) is 11.7. The Morgan fingerprint density at radius 2 is 1.67 bits per heavy atom. The van der Waals surface area contributed by atoms with Crippen molar-refractivity contribution in [3.05, 3.63) is 70.7 Å². The summed E-state index contributed by atoms with van der Waals surface area (Å²) in [5.74, 6) is 1.39. The molecule has 0 fully saturated rings. The monoisotopic (exact) mass is 380 g/mol. The summed E-state index contributed by atoms with van der Waals surface area (Å²) in [5.41, 5.74) is 6.28. The first-order valence-electron chi connectivity index (χ1n) is 9.32. The topological polar surface area (TPSA) is 27.1 Å². The van der Waals surface area contributed by atoms with E-state index in [0.717, 1.165) is 12.3 Å². The third-order valence-corrected chi connectivity index (χ3v) is 5.84. The summed E-state index contributed by atoms with van der Waals surface area (Å²) in [5, 5.41) is 1.26. The maximum Gasteiger partial charge on any atom is 0.144 e. The fourth-order valence-electron chi connectivity index (χ4n) is 3.55. The molecule has 0 saturated heterocycles. The van der Waals surface area contributed by atoms with Crippen molar-refractivity contribution in [2.45, 2.75) is 57.0 Å². The van der Waals surface area contributed by atoms with Crippen molar-refractivity contribution in [3.63, 3.8) is 0 Å². The largest absolute Gasteiger partial charge is 0.495 e. The van der Waals surface area contributed by atoms with E-state index in [9.17, 15) is 0 Å². The van der Waals surface area contributed by atoms with Gasteiger partial charge in [-0.1, -0.05) is 31.7 Å². The lowest BCUT2D eigenvalue weighted by Crippen LogP contribution is -2.04. The Bertz CT molecular complexity index is 909. The number of aromatic nitrogens is 2. The first kappa shape index (κ1) is 19.6. The van der Waals surface area contributed by atoms with Crippen molar-refractivity contribution in [2.24, 2.45) is 0 Å². The number of pyridine rings is 1. The second kappa shape index (κ2) is 8.22. The quantitative estimate of drug-likeness (QED) is 0.514. The van der Waals surface area contributed by atoms with Gasteiger partial charge in [0.2, 0.25) is 0 Å². The van der Waals surface area contributed by atoms with Crippen molar-refractivity contribution in [3.8, 4) is 5.75 Å². The van der Waals surface area contributed by atoms with Crippen molar-refractivity contribution < 1.29 is 4.74 Å². The van der Waals surface area contributed by atoms with Crippen LogP contribution in [0.1, 0.15) is 47.7 Å². The Balaban J connectivity index is 2.13. The molecule has 0 bridgehead atoms. The molecule has 3 rings (SSSR count). The van der Waals surface area contributed by atoms with Gasteiger partial charge in [0.1, 0.15) is 5.75 Å². The first-order chi connectivity index (χ1) is 12.9. The number of rotatable bonds is 6. The van der Waals surface area contributed by atoms with E-state index in [-0.39, 0.29) is 0 Å². The number of methoxy groups -OCH3 is 1. The van der Waals surface area contributed by atoms with Crippen LogP contribution in [-0.2, 0) is 6.54 Å². The summed E-state index contributed by atoms with van der Waals surface area (Å²) in [4.78, 5) is 5.42. The van der Waals surface area contributed by atoms with E-state index < -0.39 is 0 Å². The summed E-state index contributed by atoms with van der Waals surface area (Å²) in [6, 6.07) is 10.9. The third-order valence-electron chi connectivity index (χ3n) is 4.73. The molecule has 0 radical (unpaired) electrons. The van der Waals surface area contributed by atoms with Crippen molar-refractivity contribution >= 4 is 11.8 Å². The molecule has 2 heterocycles. The molecule has 0 N–H and O–H groups in total. The average molecular weight is 381 g/mol. The van der Waals surface area contributed by atoms with Crippen LogP contribution in [0, 0.1) is 20.8 Å². The van der Waals surface area contributed by atoms with Crippen LogP contribution in [0.15, 0.2) is 52.6 Å². The Labute approximate surface area is 166 Å². The number of ether oxygens (including phenoxy) is 1. The fraction of sp³-hybridized carbons (Fsp3) is 0.348. The molecule has 0 aliphatic heterocycles. The molecule has 4 heteroatoms. The van der Waals surface area contributed by atoms with Crippen LogP contribution in [0.5, 0.6) is 5.75 Å². The number of hydrogen-bond donors (Lipinski definition) is 0. The molecule has 0 aliphatic carbocycles. The van der Waals surface area contributed by atoms with Crippen molar-refractivity contribution in [2.75, 3.05) is 7.11 Å². The van der Waals surface area contributed by atoms with Crippen molar-refractivity contribution in [1.82, 2.24) is 9.55 Å². The molecular formula is C23H28N2OS. The summed E-state index contributed by atoms with van der Waals surface area (Å²) >= 11 is 1.83. The lowest BCUT2D eigenvalue weighted by atomic mass is 10.1. The molecule has 0 amide bonds. The molecule has 0 spiro atoms. The zero-order chi connectivity index (χ0) is 19.6. The van der Waals surface area contributed by atoms with Gasteiger partial charge in [0.25, 0.3) is 0 Å². The third kappa shape index (κ3) is 4.22. The van der Waals surface area contributed by atoms with Crippen LogP contribution in [0.25, 0.3) is 0 Å². The Hall–Kier alpha value is -2.20. The molecule has 0 saturated carbocycles. The molecule has 142 valence electrons. The van der Waals surface area contributed by atoms with Crippen LogP contribution >= 0.6 is 11.8 Å². The number of nitrogens with zero attached hydrogens (tertiary/aromatic N) is 2. The summed E-state index contributed by atoms with van der Waals surface area (Å²) in [6.07, 6.45) is 3.71. The second-order valence-electron chi connectivity index (χ2n) is 7.36. The molecule has 0 unspecified atom stereocenters. The maximum atomic E-state index is 5.84. The normalized spacial score (nSPS) is 11.2. The van der Waals surface area contributed by atoms with E-state index in [1.807, 2.05) is 24.2 Å². The van der Waals surface area contributed by atoms with Crippen LogP contribution in [0.3, 0.4) is 0 Å². The molecule has 0 atom stereocenters. The smallest absolute Gasteiger partial charge is 0.144 e. The lowest BCUT2D eigenvalue weighted by Gasteiger charge is -2.14. The standard InChI is InChI=1S/C23H28N2OS/c1-15(2)21-22(26-6)18(5)25(14-19-7-9-24-10-8-19)23(21)27-20-12-16(3)11-17(4)13-20/h7-13,15H,14H2,1-6H3. The second-order valence-corrected chi connectivity index (χ2v) is 8.42. The van der Waals surface area contributed by atoms with E-state index in [2.05, 4.69) is 74.5 Å². The predicted octanol–water partition coefficient (Wildman–Crippen LogP) is 6.14. The highest BCUT2D eigenvalue weighted by atomic mass is 32.2. The maximum absolute atomic E-state index is 5.84. The van der Waals surface area contributed by atoms with Crippen LogP contribution in [0.2, 0.25) is 0 Å². The SMILES string of the molecule is COc1c(C(C)C)c(Sc2cc(C)cc(C)c2)n(Cc2ccncc2)c1C. The number of aryl methyl sites for hydroxylation is 2. The summed E-state index contributed by atoms with van der Waals surface area (Å²) in [7, 11) is 1.77. The zero-order valence-corrected chi connectivity index (χ0v) is 17.9. The lowest BCUT2D eigenvalue weighted by molar-refractivity contribution is 0.404. The van der Waals surface area contributed by atoms with Gasteiger partial charge in [-0.15, -0.1) is 0 Å². The van der Waals surface area contributed by atoms with Crippen molar-refractivity contribution in [1.29, 1.82) is 0 Å². The van der Waals surface area contributed by atoms with Gasteiger partial charge in [-0.25, -0.2) is 0 Å². The Kier molecular flexibility index (Phi) is 5.95. The van der Waals surface area contributed by atoms with Gasteiger partial charge in [-0.05, 0) is 67.6 Å². The van der Waals surface area contributed by atoms with Gasteiger partial charge in [0.15, 0.2) is 0 Å². The van der Waals surface area contributed by atoms with Crippen LogP contribution in [-0.4, -0.2) is 16.7 Å². The fourth-order valence-corrected chi connectivity index (χ4v) is 5.02. The number of benzene rings is 1. The van der Waals surface area contributed by atoms with Gasteiger partial charge in [0, 0.05) is 29.4 Å². The van der Waals surface area contributed by atoms with E-state index in [0.29, 0.717) is 5.92 Å². The van der Waals surface area contributed by atoms with E-state index in [4.69, 9.17) is 4.74 Å². The predicted molar refractivity (Wildman–Crippen MR) is 113 cm³/mol. The minimum atomic E-state index is 0.380. The highest BCUT2D eigenvalue weighted by Crippen LogP contribution is 2.44. The Morgan fingerprint density at radius 3 is 2.22 bits per heavy atom. The highest BCUT2D eigenvalue weighted by Gasteiger charge is 2.24. The molecule has 2 aromatic heterocycles. The van der Waals surface area contributed by atoms with E-state index in [1.54, 1.807) is 7.11 Å². The molecular weight excluding hydrogens is 352 g/mol. The molecule has 27 heavy (non-hydrogen) atoms. The van der Waals surface area contributed by atoms with E-state index >= 15 is 0 Å². The van der Waals surface area contributed by atoms with Gasteiger partial charge < -0.3 is 9.30 Å². The molecule has 3 nitrogen and oxygen atoms in total. The molecule has 3 aromatic rings. The number of hydrogen-bond acceptors (Lipinski definition) is 3. The van der Waals surface area contributed by atoms with Crippen LogP contribution < -0.4 is 4.74 Å². The van der Waals surface area contributed by atoms with Gasteiger partial charge in [-0.3, -0.25) is 4.98 Å². The van der Waals surface area contributed by atoms with E-state index in [1.165, 1.54) is 37.9 Å². The zero-order valence-electron chi connectivity index (χ0n) is 17.0. The van der Waals surface area contributed by atoms with Crippen LogP contribution in [0.4, 0.5) is 0 Å². The molecule has 0 aliphatic rings. The Morgan fingerprint density at radius 1 is 1.04 bits per heavy atom. The van der Waals surface area contributed by atoms with Gasteiger partial charge in [0.05, 0.1) is 17.8 Å². The highest BCUT2D eigenvalue weighted by molar-refractivity contribution is 7.99. The van der Waals surface area contributed by atoms with Gasteiger partial charge in [-0.2, -0.15) is 0 Å². The first-order valence-corrected chi connectivity index (χ1v) is 10.1. The molecule has 1 aromatic carbocycles. The minimum absolute atomic E-state index is 0.380.